The van der Waals surface area contributed by atoms with Gasteiger partial charge in [0.2, 0.25) is 11.8 Å². The van der Waals surface area contributed by atoms with Crippen LogP contribution >= 0.6 is 0 Å². The average molecular weight is 348 g/mol. The normalized spacial score (nSPS) is 25.4. The van der Waals surface area contributed by atoms with Gasteiger partial charge in [0.15, 0.2) is 0 Å². The van der Waals surface area contributed by atoms with Crippen molar-refractivity contribution in [2.24, 2.45) is 5.92 Å². The smallest absolute Gasteiger partial charge is 0.228 e. The van der Waals surface area contributed by atoms with E-state index in [4.69, 9.17) is 4.74 Å². The lowest BCUT2D eigenvalue weighted by Crippen LogP contribution is -2.53. The highest BCUT2D eigenvalue weighted by atomic mass is 16.5. The Kier molecular flexibility index (Phi) is 4.67. The summed E-state index contributed by atoms with van der Waals surface area (Å²) in [4.78, 5) is 34.8. The zero-order chi connectivity index (χ0) is 17.2. The maximum absolute atomic E-state index is 12.6. The number of ether oxygens (including phenoxy) is 1. The van der Waals surface area contributed by atoms with Crippen LogP contribution in [0.25, 0.3) is 0 Å². The van der Waals surface area contributed by atoms with Crippen LogP contribution in [0.2, 0.25) is 0 Å². The first-order chi connectivity index (χ1) is 12.2. The molecule has 3 aliphatic rings. The van der Waals surface area contributed by atoms with E-state index < -0.39 is 0 Å². The van der Waals surface area contributed by atoms with E-state index in [1.165, 1.54) is 6.33 Å². The van der Waals surface area contributed by atoms with Crippen molar-refractivity contribution in [2.75, 3.05) is 59.0 Å². The first-order valence-corrected chi connectivity index (χ1v) is 8.91. The van der Waals surface area contributed by atoms with Crippen molar-refractivity contribution in [1.82, 2.24) is 29.5 Å². The quantitative estimate of drug-likeness (QED) is 0.668. The highest BCUT2D eigenvalue weighted by Crippen LogP contribution is 2.26. The zero-order valence-corrected chi connectivity index (χ0v) is 14.3. The van der Waals surface area contributed by atoms with Crippen LogP contribution in [-0.4, -0.2) is 100 Å². The Bertz CT molecular complexity index is 609. The number of morpholine rings is 1. The molecule has 3 saturated heterocycles. The first kappa shape index (κ1) is 16.5. The number of carbonyl (C=O) groups excluding carboxylic acids is 2. The average Bonchev–Trinajstić information content (AvgIpc) is 3.22. The fraction of sp³-hybridized carbons (Fsp3) is 0.750. The molecule has 0 aromatic carbocycles. The maximum atomic E-state index is 12.6. The van der Waals surface area contributed by atoms with Gasteiger partial charge in [-0.1, -0.05) is 0 Å². The predicted molar refractivity (Wildman–Crippen MR) is 87.6 cm³/mol. The summed E-state index contributed by atoms with van der Waals surface area (Å²) in [6.07, 6.45) is 3.53. The maximum Gasteiger partial charge on any atom is 0.228 e. The van der Waals surface area contributed by atoms with Crippen LogP contribution in [0.15, 0.2) is 12.7 Å². The Morgan fingerprint density at radius 3 is 2.72 bits per heavy atom. The molecule has 25 heavy (non-hydrogen) atoms. The summed E-state index contributed by atoms with van der Waals surface area (Å²) in [7, 11) is 0. The van der Waals surface area contributed by atoms with E-state index in [1.807, 2.05) is 9.80 Å². The molecule has 3 fully saturated rings. The number of amides is 2. The van der Waals surface area contributed by atoms with Gasteiger partial charge in [-0.05, 0) is 0 Å². The second-order valence-corrected chi connectivity index (χ2v) is 6.97. The van der Waals surface area contributed by atoms with Crippen molar-refractivity contribution >= 4 is 11.8 Å². The minimum atomic E-state index is -0.200. The summed E-state index contributed by atoms with van der Waals surface area (Å²) in [5.74, 6) is -0.00701. The van der Waals surface area contributed by atoms with Crippen molar-refractivity contribution in [3.63, 3.8) is 0 Å². The topological polar surface area (TPSA) is 83.8 Å². The van der Waals surface area contributed by atoms with E-state index >= 15 is 0 Å². The molecule has 1 unspecified atom stereocenters. The lowest BCUT2D eigenvalue weighted by atomic mass is 10.0. The van der Waals surface area contributed by atoms with Crippen LogP contribution in [-0.2, 0) is 14.3 Å². The molecule has 0 N–H and O–H groups in total. The third kappa shape index (κ3) is 3.52. The third-order valence-corrected chi connectivity index (χ3v) is 5.34. The molecule has 0 radical (unpaired) electrons. The van der Waals surface area contributed by atoms with Gasteiger partial charge in [0.05, 0.1) is 25.2 Å². The number of rotatable bonds is 5. The Balaban J connectivity index is 1.23. The summed E-state index contributed by atoms with van der Waals surface area (Å²) in [5, 5.41) is 4.11. The molecule has 0 aliphatic carbocycles. The molecule has 2 amide bonds. The molecule has 4 rings (SSSR count). The van der Waals surface area contributed by atoms with Gasteiger partial charge in [-0.2, -0.15) is 5.10 Å². The van der Waals surface area contributed by atoms with Gasteiger partial charge in [0.25, 0.3) is 0 Å². The Morgan fingerprint density at radius 1 is 1.20 bits per heavy atom. The van der Waals surface area contributed by atoms with Gasteiger partial charge >= 0.3 is 0 Å². The molecule has 4 heterocycles. The van der Waals surface area contributed by atoms with Crippen LogP contribution in [0.1, 0.15) is 12.5 Å². The molecule has 9 nitrogen and oxygen atoms in total. The molecule has 0 saturated carbocycles. The number of hydrogen-bond donors (Lipinski definition) is 0. The highest BCUT2D eigenvalue weighted by Gasteiger charge is 2.41. The van der Waals surface area contributed by atoms with Gasteiger partial charge in [-0.15, -0.1) is 0 Å². The van der Waals surface area contributed by atoms with E-state index in [9.17, 15) is 9.59 Å². The zero-order valence-electron chi connectivity index (χ0n) is 14.3. The summed E-state index contributed by atoms with van der Waals surface area (Å²) in [5.41, 5.74) is 0. The van der Waals surface area contributed by atoms with Crippen molar-refractivity contribution in [3.05, 3.63) is 12.7 Å². The Labute approximate surface area is 146 Å². The van der Waals surface area contributed by atoms with E-state index in [-0.39, 0.29) is 23.8 Å². The highest BCUT2D eigenvalue weighted by molar-refractivity contribution is 5.89. The Morgan fingerprint density at radius 2 is 2.00 bits per heavy atom. The summed E-state index contributed by atoms with van der Waals surface area (Å²) >= 11 is 0. The fourth-order valence-corrected chi connectivity index (χ4v) is 3.71. The molecule has 0 spiro atoms. The lowest BCUT2D eigenvalue weighted by Gasteiger charge is -2.40. The van der Waals surface area contributed by atoms with Crippen LogP contribution < -0.4 is 0 Å². The Hall–Kier alpha value is -2.00. The minimum Gasteiger partial charge on any atom is -0.379 e. The summed E-state index contributed by atoms with van der Waals surface area (Å²) in [6, 6.07) is 0.209. The van der Waals surface area contributed by atoms with E-state index in [2.05, 4.69) is 15.0 Å². The van der Waals surface area contributed by atoms with Gasteiger partial charge in [-0.3, -0.25) is 14.5 Å². The minimum absolute atomic E-state index is 0.0959. The number of carbonyl (C=O) groups is 2. The van der Waals surface area contributed by atoms with E-state index in [1.54, 1.807) is 11.0 Å². The molecule has 1 atom stereocenters. The van der Waals surface area contributed by atoms with Crippen molar-refractivity contribution in [1.29, 1.82) is 0 Å². The van der Waals surface area contributed by atoms with Crippen LogP contribution in [0.5, 0.6) is 0 Å². The molecule has 9 heteroatoms. The van der Waals surface area contributed by atoms with E-state index in [0.29, 0.717) is 32.6 Å². The van der Waals surface area contributed by atoms with Crippen LogP contribution in [0.3, 0.4) is 0 Å². The SMILES string of the molecule is O=C1CC(C(=O)N2CC(n3cncn3)C2)CN1CCN1CCOCC1. The monoisotopic (exact) mass is 348 g/mol. The van der Waals surface area contributed by atoms with Gasteiger partial charge in [-0.25, -0.2) is 9.67 Å². The summed E-state index contributed by atoms with van der Waals surface area (Å²) in [6.45, 7) is 6.77. The van der Waals surface area contributed by atoms with E-state index in [0.717, 1.165) is 32.8 Å². The molecular weight excluding hydrogens is 324 g/mol. The molecule has 3 aliphatic heterocycles. The lowest BCUT2D eigenvalue weighted by molar-refractivity contribution is -0.141. The van der Waals surface area contributed by atoms with Gasteiger partial charge in [0.1, 0.15) is 12.7 Å². The van der Waals surface area contributed by atoms with Gasteiger partial charge in [0, 0.05) is 52.2 Å². The molecule has 1 aromatic rings. The standard InChI is InChI=1S/C16H24N6O3/c23-15-7-13(8-20(15)2-1-19-3-5-25-6-4-19)16(24)21-9-14(10-21)22-12-17-11-18-22/h11-14H,1-10H2. The van der Waals surface area contributed by atoms with Crippen molar-refractivity contribution in [2.45, 2.75) is 12.5 Å². The number of aromatic nitrogens is 3. The second kappa shape index (κ2) is 7.09. The second-order valence-electron chi connectivity index (χ2n) is 6.97. The van der Waals surface area contributed by atoms with Gasteiger partial charge < -0.3 is 14.5 Å². The van der Waals surface area contributed by atoms with Crippen molar-refractivity contribution in [3.8, 4) is 0 Å². The summed E-state index contributed by atoms with van der Waals surface area (Å²) < 4.78 is 7.13. The van der Waals surface area contributed by atoms with Crippen molar-refractivity contribution < 1.29 is 14.3 Å². The third-order valence-electron chi connectivity index (χ3n) is 5.34. The van der Waals surface area contributed by atoms with Crippen LogP contribution in [0, 0.1) is 5.92 Å². The molecule has 136 valence electrons. The molecule has 1 aromatic heterocycles. The van der Waals surface area contributed by atoms with Crippen LogP contribution in [0.4, 0.5) is 0 Å². The largest absolute Gasteiger partial charge is 0.379 e. The number of nitrogens with zero attached hydrogens (tertiary/aromatic N) is 6. The first-order valence-electron chi connectivity index (χ1n) is 8.91. The molecule has 0 bridgehead atoms. The number of hydrogen-bond acceptors (Lipinski definition) is 6. The molecular formula is C16H24N6O3. The predicted octanol–water partition coefficient (Wildman–Crippen LogP) is -1.16. The fourth-order valence-electron chi connectivity index (χ4n) is 3.71. The number of likely N-dealkylation sites (tertiary alicyclic amines) is 2.